The monoisotopic (exact) mass is 548 g/mol. The van der Waals surface area contributed by atoms with Crippen molar-refractivity contribution in [2.24, 2.45) is 0 Å². The van der Waals surface area contributed by atoms with Crippen LogP contribution in [0.1, 0.15) is 56.8 Å². The van der Waals surface area contributed by atoms with Crippen LogP contribution in [0.3, 0.4) is 0 Å². The number of benzene rings is 2. The number of carbonyl (C=O) groups is 1. The van der Waals surface area contributed by atoms with E-state index in [1.807, 2.05) is 45.9 Å². The van der Waals surface area contributed by atoms with Gasteiger partial charge in [-0.25, -0.2) is 19.2 Å². The second-order valence-electron chi connectivity index (χ2n) is 10.9. The number of nitrogens with zero attached hydrogens (tertiary/aromatic N) is 4. The number of ether oxygens (including phenoxy) is 2. The topological polar surface area (TPSA) is 125 Å². The average Bonchev–Trinajstić information content (AvgIpc) is 3.32. The summed E-state index contributed by atoms with van der Waals surface area (Å²) in [7, 11) is 0. The third kappa shape index (κ3) is 6.48. The number of nitrogens with one attached hydrogen (secondary N) is 2. The molecule has 40 heavy (non-hydrogen) atoms. The molecule has 0 bridgehead atoms. The number of anilines is 2. The summed E-state index contributed by atoms with van der Waals surface area (Å²) < 4.78 is 25.2. The van der Waals surface area contributed by atoms with Gasteiger partial charge in [0.25, 0.3) is 0 Å². The molecular weight excluding hydrogens is 515 g/mol. The van der Waals surface area contributed by atoms with Gasteiger partial charge >= 0.3 is 6.09 Å². The molecule has 1 fully saturated rings. The van der Waals surface area contributed by atoms with Gasteiger partial charge in [-0.15, -0.1) is 0 Å². The largest absolute Gasteiger partial charge is 0.490 e. The van der Waals surface area contributed by atoms with Crippen LogP contribution < -0.4 is 10.1 Å². The maximum atomic E-state index is 13.5. The molecule has 1 aliphatic heterocycles. The maximum absolute atomic E-state index is 13.5. The number of aromatic nitrogens is 4. The van der Waals surface area contributed by atoms with Gasteiger partial charge in [-0.3, -0.25) is 5.10 Å². The summed E-state index contributed by atoms with van der Waals surface area (Å²) in [5.41, 5.74) is 1.36. The third-order valence-corrected chi connectivity index (χ3v) is 6.46. The molecule has 2 aromatic carbocycles. The van der Waals surface area contributed by atoms with Gasteiger partial charge in [-0.1, -0.05) is 12.1 Å². The molecule has 3 heterocycles. The standard InChI is InChI=1S/C29H33FN6O4/c1-17-15-24(35-34-17)32-26-22-10-9-21(39-20-11-13-36(14-12-20)28(38)40-29(2,3)4)16-23(22)31-27(33-26)25(37)18-5-7-19(30)8-6-18/h5-10,15-16,20,25,37H,11-14H2,1-4H3,(H2,31,32,33,34,35). The van der Waals surface area contributed by atoms with Gasteiger partial charge in [-0.2, -0.15) is 5.10 Å². The molecule has 1 saturated heterocycles. The highest BCUT2D eigenvalue weighted by atomic mass is 19.1. The first-order valence-corrected chi connectivity index (χ1v) is 13.2. The van der Waals surface area contributed by atoms with Gasteiger partial charge in [0.2, 0.25) is 0 Å². The van der Waals surface area contributed by atoms with E-state index < -0.39 is 17.5 Å². The molecule has 0 saturated carbocycles. The number of aliphatic hydroxyl groups is 1. The van der Waals surface area contributed by atoms with Crippen LogP contribution in [0, 0.1) is 12.7 Å². The molecule has 3 N–H and O–H groups in total. The van der Waals surface area contributed by atoms with Crippen molar-refractivity contribution in [2.45, 2.75) is 58.3 Å². The number of halogens is 1. The number of hydrogen-bond donors (Lipinski definition) is 3. The summed E-state index contributed by atoms with van der Waals surface area (Å²) >= 11 is 0. The number of H-pyrrole nitrogens is 1. The molecule has 1 aliphatic rings. The Bertz CT molecular complexity index is 1490. The van der Waals surface area contributed by atoms with E-state index in [1.165, 1.54) is 24.3 Å². The van der Waals surface area contributed by atoms with Crippen LogP contribution in [0.25, 0.3) is 10.9 Å². The first kappa shape index (κ1) is 27.3. The first-order valence-electron chi connectivity index (χ1n) is 13.2. The van der Waals surface area contributed by atoms with Crippen molar-refractivity contribution in [3.05, 3.63) is 71.4 Å². The molecule has 0 radical (unpaired) electrons. The number of rotatable bonds is 6. The number of aryl methyl sites for hydroxylation is 1. The van der Waals surface area contributed by atoms with E-state index in [1.54, 1.807) is 11.0 Å². The number of carbonyl (C=O) groups excluding carboxylic acids is 1. The van der Waals surface area contributed by atoms with Crippen molar-refractivity contribution < 1.29 is 23.8 Å². The molecule has 4 aromatic rings. The summed E-state index contributed by atoms with van der Waals surface area (Å²) in [5.74, 6) is 1.40. The summed E-state index contributed by atoms with van der Waals surface area (Å²) in [6.45, 7) is 8.53. The zero-order chi connectivity index (χ0) is 28.4. The molecule has 5 rings (SSSR count). The summed E-state index contributed by atoms with van der Waals surface area (Å²) in [4.78, 5) is 23.3. The molecule has 11 heteroatoms. The molecule has 10 nitrogen and oxygen atoms in total. The lowest BCUT2D eigenvalue weighted by Gasteiger charge is -2.33. The van der Waals surface area contributed by atoms with Crippen molar-refractivity contribution in [3.8, 4) is 5.75 Å². The zero-order valence-corrected chi connectivity index (χ0v) is 22.9. The van der Waals surface area contributed by atoms with Gasteiger partial charge < -0.3 is 24.8 Å². The minimum atomic E-state index is -1.17. The van der Waals surface area contributed by atoms with E-state index in [-0.39, 0.29) is 18.0 Å². The normalized spacial score (nSPS) is 15.2. The van der Waals surface area contributed by atoms with E-state index in [0.29, 0.717) is 59.8 Å². The quantitative estimate of drug-likeness (QED) is 0.292. The predicted molar refractivity (Wildman–Crippen MR) is 148 cm³/mol. The second-order valence-corrected chi connectivity index (χ2v) is 10.9. The fraction of sp³-hybridized carbons (Fsp3) is 0.379. The smallest absolute Gasteiger partial charge is 0.410 e. The Balaban J connectivity index is 1.38. The van der Waals surface area contributed by atoms with Gasteiger partial charge in [0.1, 0.15) is 35.2 Å². The number of aromatic amines is 1. The summed E-state index contributed by atoms with van der Waals surface area (Å²) in [5, 5.41) is 22.1. The third-order valence-electron chi connectivity index (χ3n) is 6.46. The Morgan fingerprint density at radius 2 is 1.85 bits per heavy atom. The SMILES string of the molecule is Cc1cc(Nc2nc(C(O)c3ccc(F)cc3)nc3cc(OC4CCN(C(=O)OC(C)(C)C)CC4)ccc23)n[nH]1. The number of fused-ring (bicyclic) bond motifs is 1. The highest BCUT2D eigenvalue weighted by Crippen LogP contribution is 2.31. The van der Waals surface area contributed by atoms with E-state index in [4.69, 9.17) is 9.47 Å². The molecule has 0 aliphatic carbocycles. The predicted octanol–water partition coefficient (Wildman–Crippen LogP) is 5.40. The fourth-order valence-electron chi connectivity index (χ4n) is 4.49. The van der Waals surface area contributed by atoms with Crippen LogP contribution >= 0.6 is 0 Å². The van der Waals surface area contributed by atoms with Crippen LogP contribution in [0.15, 0.2) is 48.5 Å². The lowest BCUT2D eigenvalue weighted by atomic mass is 10.1. The molecule has 1 unspecified atom stereocenters. The van der Waals surface area contributed by atoms with Crippen molar-refractivity contribution in [1.82, 2.24) is 25.1 Å². The number of hydrogen-bond acceptors (Lipinski definition) is 8. The van der Waals surface area contributed by atoms with Crippen molar-refractivity contribution in [3.63, 3.8) is 0 Å². The highest BCUT2D eigenvalue weighted by Gasteiger charge is 2.28. The lowest BCUT2D eigenvalue weighted by molar-refractivity contribution is 0.0127. The Hall–Kier alpha value is -4.25. The highest BCUT2D eigenvalue weighted by molar-refractivity contribution is 5.91. The number of piperidine rings is 1. The van der Waals surface area contributed by atoms with Crippen LogP contribution in [-0.4, -0.2) is 61.1 Å². The van der Waals surface area contributed by atoms with E-state index in [0.717, 1.165) is 5.69 Å². The Labute approximate surface area is 231 Å². The Morgan fingerprint density at radius 1 is 1.12 bits per heavy atom. The number of likely N-dealkylation sites (tertiary alicyclic amines) is 1. The Morgan fingerprint density at radius 3 is 2.50 bits per heavy atom. The van der Waals surface area contributed by atoms with Crippen molar-refractivity contribution >= 4 is 28.6 Å². The van der Waals surface area contributed by atoms with Gasteiger partial charge in [-0.05, 0) is 57.5 Å². The first-order chi connectivity index (χ1) is 19.0. The van der Waals surface area contributed by atoms with Crippen LogP contribution in [0.4, 0.5) is 20.8 Å². The van der Waals surface area contributed by atoms with E-state index in [2.05, 4.69) is 25.5 Å². The van der Waals surface area contributed by atoms with Gasteiger partial charge in [0, 0.05) is 49.1 Å². The minimum absolute atomic E-state index is 0.0770. The van der Waals surface area contributed by atoms with Gasteiger partial charge in [0.15, 0.2) is 11.6 Å². The van der Waals surface area contributed by atoms with Crippen LogP contribution in [0.5, 0.6) is 5.75 Å². The number of aliphatic hydroxyl groups excluding tert-OH is 1. The molecule has 0 spiro atoms. The van der Waals surface area contributed by atoms with Crippen LogP contribution in [-0.2, 0) is 4.74 Å². The van der Waals surface area contributed by atoms with E-state index in [9.17, 15) is 14.3 Å². The van der Waals surface area contributed by atoms with Gasteiger partial charge in [0.05, 0.1) is 5.52 Å². The molecule has 1 atom stereocenters. The van der Waals surface area contributed by atoms with E-state index >= 15 is 0 Å². The maximum Gasteiger partial charge on any atom is 0.410 e. The lowest BCUT2D eigenvalue weighted by Crippen LogP contribution is -2.44. The molecule has 1 amide bonds. The van der Waals surface area contributed by atoms with Crippen molar-refractivity contribution in [1.29, 1.82) is 0 Å². The molecule has 210 valence electrons. The fourth-order valence-corrected chi connectivity index (χ4v) is 4.49. The summed E-state index contributed by atoms with van der Waals surface area (Å²) in [6.07, 6.45) is -0.227. The average molecular weight is 549 g/mol. The van der Waals surface area contributed by atoms with Crippen molar-refractivity contribution in [2.75, 3.05) is 18.4 Å². The van der Waals surface area contributed by atoms with Crippen LogP contribution in [0.2, 0.25) is 0 Å². The Kier molecular flexibility index (Phi) is 7.57. The minimum Gasteiger partial charge on any atom is -0.490 e. The molecule has 2 aromatic heterocycles. The second kappa shape index (κ2) is 11.1. The molecular formula is C29H33FN6O4. The summed E-state index contributed by atoms with van der Waals surface area (Å²) in [6, 6.07) is 12.9. The number of amides is 1. The zero-order valence-electron chi connectivity index (χ0n) is 22.9.